The minimum atomic E-state index is -0.448. The molecule has 1 aliphatic rings. The molecule has 0 bridgehead atoms. The summed E-state index contributed by atoms with van der Waals surface area (Å²) in [6.07, 6.45) is 8.28. The van der Waals surface area contributed by atoms with Gasteiger partial charge in [0.2, 0.25) is 0 Å². The Morgan fingerprint density at radius 3 is 2.90 bits per heavy atom. The molecule has 5 nitrogen and oxygen atoms in total. The van der Waals surface area contributed by atoms with Crippen LogP contribution in [0.1, 0.15) is 17.5 Å². The van der Waals surface area contributed by atoms with E-state index < -0.39 is 6.03 Å². The molecule has 2 amide bonds. The Morgan fingerprint density at radius 2 is 2.14 bits per heavy atom. The summed E-state index contributed by atoms with van der Waals surface area (Å²) in [5, 5.41) is 2.71. The maximum atomic E-state index is 10.8. The van der Waals surface area contributed by atoms with Gasteiger partial charge in [0.25, 0.3) is 0 Å². The molecule has 0 radical (unpaired) electrons. The zero-order valence-corrected chi connectivity index (χ0v) is 11.7. The highest BCUT2D eigenvalue weighted by Gasteiger charge is 2.21. The number of primary amides is 1. The number of nitrogens with two attached hydrogens (primary N) is 1. The number of fused-ring (bicyclic) bond motifs is 1. The molecular weight excluding hydrogens is 264 g/mol. The van der Waals surface area contributed by atoms with Gasteiger partial charge >= 0.3 is 6.03 Å². The predicted molar refractivity (Wildman–Crippen MR) is 80.6 cm³/mol. The number of benzene rings is 1. The number of aromatic nitrogens is 2. The molecule has 1 aromatic carbocycles. The van der Waals surface area contributed by atoms with Crippen LogP contribution in [-0.4, -0.2) is 22.5 Å². The molecule has 108 valence electrons. The Kier molecular flexibility index (Phi) is 3.81. The highest BCUT2D eigenvalue weighted by Crippen LogP contribution is 2.32. The van der Waals surface area contributed by atoms with Crippen LogP contribution in [0.15, 0.2) is 36.9 Å². The van der Waals surface area contributed by atoms with E-state index in [1.54, 1.807) is 6.33 Å². The quantitative estimate of drug-likeness (QED) is 0.902. The first-order valence-corrected chi connectivity index (χ1v) is 7.13. The van der Waals surface area contributed by atoms with Crippen LogP contribution in [0.4, 0.5) is 4.79 Å². The van der Waals surface area contributed by atoms with Crippen LogP contribution in [0, 0.1) is 5.92 Å². The normalized spacial score (nSPS) is 17.0. The molecule has 0 saturated heterocycles. The van der Waals surface area contributed by atoms with Crippen molar-refractivity contribution < 1.29 is 4.79 Å². The maximum Gasteiger partial charge on any atom is 0.312 e. The van der Waals surface area contributed by atoms with Crippen molar-refractivity contribution in [2.24, 2.45) is 11.7 Å². The lowest BCUT2D eigenvalue weighted by atomic mass is 9.81. The Balaban J connectivity index is 1.83. The molecule has 21 heavy (non-hydrogen) atoms. The summed E-state index contributed by atoms with van der Waals surface area (Å²) in [6, 6.07) is 5.92. The number of nitrogens with one attached hydrogen (secondary N) is 1. The molecular formula is C16H18N4O. The van der Waals surface area contributed by atoms with Crippen LogP contribution in [-0.2, 0) is 12.8 Å². The van der Waals surface area contributed by atoms with Gasteiger partial charge in [-0.3, -0.25) is 0 Å². The van der Waals surface area contributed by atoms with Gasteiger partial charge in [0.15, 0.2) is 0 Å². The molecule has 3 rings (SSSR count). The standard InChI is InChI=1S/C16H18N4O/c17-16(21)20-7-11-4-5-15-12(6-11)2-1-3-14(15)13-8-18-10-19-9-13/h1-3,8-11H,4-7H2,(H3,17,20,21). The van der Waals surface area contributed by atoms with Crippen LogP contribution >= 0.6 is 0 Å². The number of amides is 2. The van der Waals surface area contributed by atoms with Crippen LogP contribution in [0.3, 0.4) is 0 Å². The lowest BCUT2D eigenvalue weighted by Crippen LogP contribution is -2.35. The van der Waals surface area contributed by atoms with E-state index in [1.807, 2.05) is 12.4 Å². The van der Waals surface area contributed by atoms with Gasteiger partial charge in [-0.25, -0.2) is 14.8 Å². The number of hydrogen-bond donors (Lipinski definition) is 2. The molecule has 1 unspecified atom stereocenters. The Morgan fingerprint density at radius 1 is 1.33 bits per heavy atom. The smallest absolute Gasteiger partial charge is 0.312 e. The number of urea groups is 1. The van der Waals surface area contributed by atoms with Gasteiger partial charge in [0.05, 0.1) is 0 Å². The van der Waals surface area contributed by atoms with Crippen LogP contribution < -0.4 is 11.1 Å². The molecule has 1 atom stereocenters. The summed E-state index contributed by atoms with van der Waals surface area (Å²) in [5.41, 5.74) is 10.1. The summed E-state index contributed by atoms with van der Waals surface area (Å²) in [6.45, 7) is 0.646. The SMILES string of the molecule is NC(=O)NCC1CCc2c(cccc2-c2cncnc2)C1. The summed E-state index contributed by atoms with van der Waals surface area (Å²) >= 11 is 0. The predicted octanol–water partition coefficient (Wildman–Crippen LogP) is 1.92. The van der Waals surface area contributed by atoms with Crippen LogP contribution in [0.2, 0.25) is 0 Å². The van der Waals surface area contributed by atoms with Crippen molar-refractivity contribution in [2.45, 2.75) is 19.3 Å². The van der Waals surface area contributed by atoms with E-state index in [0.717, 1.165) is 24.8 Å². The summed E-state index contributed by atoms with van der Waals surface area (Å²) < 4.78 is 0. The van der Waals surface area contributed by atoms with Crippen molar-refractivity contribution in [1.29, 1.82) is 0 Å². The summed E-state index contributed by atoms with van der Waals surface area (Å²) in [7, 11) is 0. The maximum absolute atomic E-state index is 10.8. The van der Waals surface area contributed by atoms with Crippen molar-refractivity contribution in [3.05, 3.63) is 48.0 Å². The van der Waals surface area contributed by atoms with Gasteiger partial charge in [-0.05, 0) is 41.9 Å². The van der Waals surface area contributed by atoms with Gasteiger partial charge in [0, 0.05) is 24.5 Å². The van der Waals surface area contributed by atoms with Crippen LogP contribution in [0.5, 0.6) is 0 Å². The zero-order valence-electron chi connectivity index (χ0n) is 11.7. The first-order valence-electron chi connectivity index (χ1n) is 7.13. The van der Waals surface area contributed by atoms with E-state index in [1.165, 1.54) is 16.7 Å². The van der Waals surface area contributed by atoms with Crippen molar-refractivity contribution in [1.82, 2.24) is 15.3 Å². The van der Waals surface area contributed by atoms with Crippen molar-refractivity contribution in [3.8, 4) is 11.1 Å². The molecule has 5 heteroatoms. The molecule has 1 aliphatic carbocycles. The second-order valence-corrected chi connectivity index (χ2v) is 5.42. The second-order valence-electron chi connectivity index (χ2n) is 5.42. The minimum absolute atomic E-state index is 0.448. The van der Waals surface area contributed by atoms with Gasteiger partial charge in [-0.1, -0.05) is 18.2 Å². The van der Waals surface area contributed by atoms with E-state index in [2.05, 4.69) is 33.5 Å². The zero-order chi connectivity index (χ0) is 14.7. The number of nitrogens with zero attached hydrogens (tertiary/aromatic N) is 2. The number of hydrogen-bond acceptors (Lipinski definition) is 3. The third-order valence-corrected chi connectivity index (χ3v) is 4.02. The second kappa shape index (κ2) is 5.91. The highest BCUT2D eigenvalue weighted by atomic mass is 16.2. The van der Waals surface area contributed by atoms with Gasteiger partial charge in [0.1, 0.15) is 6.33 Å². The average molecular weight is 282 g/mol. The fourth-order valence-electron chi connectivity index (χ4n) is 3.01. The number of rotatable bonds is 3. The van der Waals surface area contributed by atoms with Crippen molar-refractivity contribution in [2.75, 3.05) is 6.54 Å². The monoisotopic (exact) mass is 282 g/mol. The fourth-order valence-corrected chi connectivity index (χ4v) is 3.01. The molecule has 0 aliphatic heterocycles. The molecule has 0 fully saturated rings. The molecule has 1 aromatic heterocycles. The third-order valence-electron chi connectivity index (χ3n) is 4.02. The summed E-state index contributed by atoms with van der Waals surface area (Å²) in [4.78, 5) is 19.0. The van der Waals surface area contributed by atoms with Crippen molar-refractivity contribution >= 4 is 6.03 Å². The molecule has 2 aromatic rings. The molecule has 1 heterocycles. The molecule has 0 saturated carbocycles. The third kappa shape index (κ3) is 3.02. The minimum Gasteiger partial charge on any atom is -0.352 e. The van der Waals surface area contributed by atoms with Crippen LogP contribution in [0.25, 0.3) is 11.1 Å². The Hall–Kier alpha value is -2.43. The Bertz CT molecular complexity index is 642. The lowest BCUT2D eigenvalue weighted by molar-refractivity contribution is 0.246. The van der Waals surface area contributed by atoms with E-state index in [-0.39, 0.29) is 0 Å². The van der Waals surface area contributed by atoms with Gasteiger partial charge in [-0.15, -0.1) is 0 Å². The van der Waals surface area contributed by atoms with E-state index in [0.29, 0.717) is 12.5 Å². The Labute approximate surface area is 123 Å². The number of carbonyl (C=O) groups is 1. The van der Waals surface area contributed by atoms with Gasteiger partial charge in [-0.2, -0.15) is 0 Å². The topological polar surface area (TPSA) is 80.9 Å². The largest absolute Gasteiger partial charge is 0.352 e. The fraction of sp³-hybridized carbons (Fsp3) is 0.312. The van der Waals surface area contributed by atoms with E-state index >= 15 is 0 Å². The van der Waals surface area contributed by atoms with Gasteiger partial charge < -0.3 is 11.1 Å². The van der Waals surface area contributed by atoms with Crippen molar-refractivity contribution in [3.63, 3.8) is 0 Å². The highest BCUT2D eigenvalue weighted by molar-refractivity contribution is 5.71. The van der Waals surface area contributed by atoms with E-state index in [4.69, 9.17) is 5.73 Å². The van der Waals surface area contributed by atoms with E-state index in [9.17, 15) is 4.79 Å². The summed E-state index contributed by atoms with van der Waals surface area (Å²) in [5.74, 6) is 0.451. The molecule has 3 N–H and O–H groups in total. The number of carbonyl (C=O) groups excluding carboxylic acids is 1. The lowest BCUT2D eigenvalue weighted by Gasteiger charge is -2.26. The first-order chi connectivity index (χ1) is 10.2. The first kappa shape index (κ1) is 13.5. The molecule has 0 spiro atoms. The average Bonchev–Trinajstić information content (AvgIpc) is 2.53.